The van der Waals surface area contributed by atoms with Gasteiger partial charge in [0, 0.05) is 0 Å². The third-order valence-corrected chi connectivity index (χ3v) is 4.57. The molecule has 0 radical (unpaired) electrons. The molecule has 0 spiro atoms. The van der Waals surface area contributed by atoms with E-state index in [2.05, 4.69) is 24.3 Å². The van der Waals surface area contributed by atoms with Crippen LogP contribution in [-0.2, 0) is 14.9 Å². The number of carbonyl (C=O) groups excluding carboxylic acids is 1. The van der Waals surface area contributed by atoms with Gasteiger partial charge in [-0.2, -0.15) is 0 Å². The monoisotopic (exact) mass is 231 g/mol. The second-order valence-corrected chi connectivity index (χ2v) is 5.54. The van der Waals surface area contributed by atoms with E-state index in [9.17, 15) is 4.79 Å². The summed E-state index contributed by atoms with van der Waals surface area (Å²) in [6.45, 7) is 0. The minimum absolute atomic E-state index is 0.0168. The van der Waals surface area contributed by atoms with Gasteiger partial charge < -0.3 is 10.5 Å². The van der Waals surface area contributed by atoms with Crippen LogP contribution in [0.15, 0.2) is 30.3 Å². The van der Waals surface area contributed by atoms with E-state index >= 15 is 0 Å². The fourth-order valence-electron chi connectivity index (χ4n) is 3.67. The van der Waals surface area contributed by atoms with Gasteiger partial charge in [0.2, 0.25) is 0 Å². The summed E-state index contributed by atoms with van der Waals surface area (Å²) in [5, 5.41) is 0. The van der Waals surface area contributed by atoms with Crippen molar-refractivity contribution in [3.63, 3.8) is 0 Å². The van der Waals surface area contributed by atoms with Crippen molar-refractivity contribution in [3.05, 3.63) is 35.9 Å². The van der Waals surface area contributed by atoms with Crippen molar-refractivity contribution in [3.8, 4) is 0 Å². The van der Waals surface area contributed by atoms with Crippen LogP contribution in [0.2, 0.25) is 0 Å². The van der Waals surface area contributed by atoms with Crippen molar-refractivity contribution >= 4 is 5.97 Å². The van der Waals surface area contributed by atoms with Crippen LogP contribution >= 0.6 is 0 Å². The Labute approximate surface area is 101 Å². The Morgan fingerprint density at radius 3 is 2.41 bits per heavy atom. The molecule has 1 unspecified atom stereocenters. The lowest BCUT2D eigenvalue weighted by molar-refractivity contribution is -0.181. The number of benzene rings is 1. The van der Waals surface area contributed by atoms with Crippen molar-refractivity contribution in [2.24, 2.45) is 11.1 Å². The highest BCUT2D eigenvalue weighted by Gasteiger charge is 2.71. The largest absolute Gasteiger partial charge is 0.468 e. The average molecular weight is 231 g/mol. The second-order valence-electron chi connectivity index (χ2n) is 5.54. The maximum atomic E-state index is 11.5. The van der Waals surface area contributed by atoms with Crippen molar-refractivity contribution in [2.45, 2.75) is 30.7 Å². The van der Waals surface area contributed by atoms with Gasteiger partial charge in [0.15, 0.2) is 0 Å². The summed E-state index contributed by atoms with van der Waals surface area (Å²) in [6.07, 6.45) is 3.08. The molecule has 0 saturated heterocycles. The Balaban J connectivity index is 1.73. The molecule has 2 bridgehead atoms. The Morgan fingerprint density at radius 1 is 1.29 bits per heavy atom. The van der Waals surface area contributed by atoms with Crippen LogP contribution in [0.1, 0.15) is 24.8 Å². The van der Waals surface area contributed by atoms with Crippen LogP contribution < -0.4 is 5.73 Å². The molecule has 3 saturated carbocycles. The molecule has 90 valence electrons. The van der Waals surface area contributed by atoms with E-state index in [0.29, 0.717) is 5.41 Å². The average Bonchev–Trinajstić information content (AvgIpc) is 2.26. The Kier molecular flexibility index (Phi) is 2.11. The van der Waals surface area contributed by atoms with E-state index in [1.165, 1.54) is 12.7 Å². The summed E-state index contributed by atoms with van der Waals surface area (Å²) < 4.78 is 4.73. The molecule has 0 amide bonds. The van der Waals surface area contributed by atoms with E-state index in [1.807, 2.05) is 6.07 Å². The van der Waals surface area contributed by atoms with Crippen molar-refractivity contribution in [1.29, 1.82) is 0 Å². The lowest BCUT2D eigenvalue weighted by Gasteiger charge is -2.72. The van der Waals surface area contributed by atoms with Crippen LogP contribution in [0.25, 0.3) is 0 Å². The smallest absolute Gasteiger partial charge is 0.323 e. The SMILES string of the molecule is COC(=O)C(N)C12CC(c3ccccc3)(C1)C2. The molecular formula is C14H17NO2. The maximum Gasteiger partial charge on any atom is 0.323 e. The number of rotatable bonds is 3. The highest BCUT2D eigenvalue weighted by Crippen LogP contribution is 2.74. The van der Waals surface area contributed by atoms with Gasteiger partial charge in [-0.3, -0.25) is 4.79 Å². The molecule has 0 aromatic heterocycles. The van der Waals surface area contributed by atoms with E-state index < -0.39 is 6.04 Å². The zero-order chi connectivity index (χ0) is 12.1. The fourth-order valence-corrected chi connectivity index (χ4v) is 3.67. The second kappa shape index (κ2) is 3.33. The molecular weight excluding hydrogens is 214 g/mol. The molecule has 1 aromatic carbocycles. The lowest BCUT2D eigenvalue weighted by Crippen LogP contribution is -2.72. The molecule has 2 N–H and O–H groups in total. The summed E-state index contributed by atoms with van der Waals surface area (Å²) in [5.41, 5.74) is 7.67. The number of esters is 1. The van der Waals surface area contributed by atoms with Gasteiger partial charge in [0.25, 0.3) is 0 Å². The number of hydrogen-bond donors (Lipinski definition) is 1. The number of nitrogens with two attached hydrogens (primary N) is 1. The van der Waals surface area contributed by atoms with Gasteiger partial charge in [-0.25, -0.2) is 0 Å². The van der Waals surface area contributed by atoms with E-state index in [-0.39, 0.29) is 11.4 Å². The van der Waals surface area contributed by atoms with Gasteiger partial charge in [0.1, 0.15) is 6.04 Å². The van der Waals surface area contributed by atoms with Gasteiger partial charge in [-0.1, -0.05) is 30.3 Å². The van der Waals surface area contributed by atoms with Gasteiger partial charge in [-0.05, 0) is 35.7 Å². The topological polar surface area (TPSA) is 52.3 Å². The molecule has 4 rings (SSSR count). The Hall–Kier alpha value is -1.35. The van der Waals surface area contributed by atoms with Gasteiger partial charge in [-0.15, -0.1) is 0 Å². The zero-order valence-corrected chi connectivity index (χ0v) is 9.98. The predicted octanol–water partition coefficient (Wildman–Crippen LogP) is 1.61. The quantitative estimate of drug-likeness (QED) is 0.804. The maximum absolute atomic E-state index is 11.5. The van der Waals surface area contributed by atoms with Gasteiger partial charge >= 0.3 is 5.97 Å². The summed E-state index contributed by atoms with van der Waals surface area (Å²) in [5.74, 6) is -0.272. The highest BCUT2D eigenvalue weighted by molar-refractivity contribution is 5.77. The van der Waals surface area contributed by atoms with E-state index in [1.54, 1.807) is 0 Å². The first-order valence-electron chi connectivity index (χ1n) is 6.01. The predicted molar refractivity (Wildman–Crippen MR) is 64.4 cm³/mol. The Morgan fingerprint density at radius 2 is 1.88 bits per heavy atom. The number of ether oxygens (including phenoxy) is 1. The van der Waals surface area contributed by atoms with Crippen molar-refractivity contribution in [1.82, 2.24) is 0 Å². The highest BCUT2D eigenvalue weighted by atomic mass is 16.5. The third kappa shape index (κ3) is 1.29. The standard InChI is InChI=1S/C14H17NO2/c1-17-12(16)11(15)14-7-13(8-14,9-14)10-5-3-2-4-6-10/h2-6,11H,7-9,15H2,1H3. The lowest BCUT2D eigenvalue weighted by atomic mass is 9.31. The summed E-state index contributed by atoms with van der Waals surface area (Å²) in [6, 6.07) is 10.1. The number of hydrogen-bond acceptors (Lipinski definition) is 3. The fraction of sp³-hybridized carbons (Fsp3) is 0.500. The molecule has 3 fully saturated rings. The van der Waals surface area contributed by atoms with Crippen LogP contribution in [0.4, 0.5) is 0 Å². The minimum atomic E-state index is -0.446. The molecule has 3 aliphatic rings. The third-order valence-electron chi connectivity index (χ3n) is 4.57. The summed E-state index contributed by atoms with van der Waals surface area (Å²) >= 11 is 0. The first kappa shape index (κ1) is 10.8. The van der Waals surface area contributed by atoms with Crippen LogP contribution in [-0.4, -0.2) is 19.1 Å². The van der Waals surface area contributed by atoms with Crippen molar-refractivity contribution in [2.75, 3.05) is 7.11 Å². The molecule has 1 aromatic rings. The number of methoxy groups -OCH3 is 1. The Bertz CT molecular complexity index is 435. The molecule has 0 heterocycles. The molecule has 3 aliphatic carbocycles. The molecule has 3 heteroatoms. The van der Waals surface area contributed by atoms with Gasteiger partial charge in [0.05, 0.1) is 7.11 Å². The van der Waals surface area contributed by atoms with E-state index in [0.717, 1.165) is 19.3 Å². The zero-order valence-electron chi connectivity index (χ0n) is 9.98. The molecule has 1 atom stereocenters. The normalized spacial score (nSPS) is 35.4. The first-order valence-corrected chi connectivity index (χ1v) is 6.01. The van der Waals surface area contributed by atoms with Crippen LogP contribution in [0.5, 0.6) is 0 Å². The summed E-state index contributed by atoms with van der Waals surface area (Å²) in [7, 11) is 1.40. The first-order chi connectivity index (χ1) is 8.12. The van der Waals surface area contributed by atoms with Crippen LogP contribution in [0.3, 0.4) is 0 Å². The molecule has 3 nitrogen and oxygen atoms in total. The number of carbonyl (C=O) groups is 1. The molecule has 0 aliphatic heterocycles. The van der Waals surface area contributed by atoms with Crippen molar-refractivity contribution < 1.29 is 9.53 Å². The molecule has 17 heavy (non-hydrogen) atoms. The summed E-state index contributed by atoms with van der Waals surface area (Å²) in [4.78, 5) is 11.5. The van der Waals surface area contributed by atoms with E-state index in [4.69, 9.17) is 10.5 Å². The minimum Gasteiger partial charge on any atom is -0.468 e. The van der Waals surface area contributed by atoms with Crippen LogP contribution in [0, 0.1) is 5.41 Å².